The molecule has 1 aromatic heterocycles. The molecule has 1 unspecified atom stereocenters. The van der Waals surface area contributed by atoms with Gasteiger partial charge in [0, 0.05) is 49.2 Å². The number of ketones is 1. The summed E-state index contributed by atoms with van der Waals surface area (Å²) < 4.78 is 6.16. The second-order valence-electron chi connectivity index (χ2n) is 11.6. The summed E-state index contributed by atoms with van der Waals surface area (Å²) in [5, 5.41) is 10.7. The van der Waals surface area contributed by atoms with Gasteiger partial charge in [-0.3, -0.25) is 9.80 Å². The maximum Gasteiger partial charge on any atom is 0.202 e. The number of hydrogen-bond acceptors (Lipinski definition) is 8. The number of ether oxygens (including phenoxy) is 1. The number of aromatic nitrogens is 2. The Morgan fingerprint density at radius 1 is 1.18 bits per heavy atom. The fourth-order valence-electron chi connectivity index (χ4n) is 5.52. The van der Waals surface area contributed by atoms with Crippen molar-refractivity contribution in [1.29, 1.82) is 0 Å². The predicted octanol–water partition coefficient (Wildman–Crippen LogP) is 9.23. The number of hydrazone groups is 1. The Balaban J connectivity index is 0.000000743. The maximum atomic E-state index is 9.87. The van der Waals surface area contributed by atoms with E-state index in [-0.39, 0.29) is 5.78 Å². The summed E-state index contributed by atoms with van der Waals surface area (Å²) in [7, 11) is 0. The van der Waals surface area contributed by atoms with Crippen LogP contribution in [0.2, 0.25) is 0 Å². The van der Waals surface area contributed by atoms with Crippen molar-refractivity contribution in [3.8, 4) is 30.4 Å². The van der Waals surface area contributed by atoms with Crippen LogP contribution < -0.4 is 15.0 Å². The van der Waals surface area contributed by atoms with E-state index in [0.29, 0.717) is 12.5 Å². The van der Waals surface area contributed by atoms with E-state index in [4.69, 9.17) is 4.74 Å². The third-order valence-corrected chi connectivity index (χ3v) is 7.77. The van der Waals surface area contributed by atoms with Gasteiger partial charge in [0.05, 0.1) is 12.1 Å². The molecular formula is C41H54N6O2. The molecule has 1 atom stereocenters. The van der Waals surface area contributed by atoms with Crippen molar-refractivity contribution in [3.63, 3.8) is 0 Å². The Bertz CT molecular complexity index is 1680. The quantitative estimate of drug-likeness (QED) is 0.106. The number of carbonyl (C=O) groups is 1. The molecule has 260 valence electrons. The first kappa shape index (κ1) is 40.1. The van der Waals surface area contributed by atoms with Gasteiger partial charge in [-0.05, 0) is 105 Å². The van der Waals surface area contributed by atoms with Crippen molar-refractivity contribution < 1.29 is 9.53 Å². The molecule has 0 aliphatic carbocycles. The molecule has 0 bridgehead atoms. The molecule has 3 aromatic rings. The van der Waals surface area contributed by atoms with Crippen molar-refractivity contribution in [1.82, 2.24) is 15.0 Å². The molecule has 2 aliphatic rings. The molecule has 0 fully saturated rings. The standard InChI is InChI=1S/C32H40N6O.C5H6O.C2H6.C2H2/c1-5-7-8-15-37-21-23(3)9-10-25-19-29-28(20-30(25)37)32(34-22-33-29)36-26-11-12-31(24(4)18-26)39-27-13-16-38(17-14-27)35-6-2;1-3-4-5(2)6;2*1-2/h6,11-14,16,18-20,22-23H,5,7-10,15,17,21H2,1-4H3,(H,33,34,36);1-2H3;1-2H3;1-2H/b35-6-;;;. The Morgan fingerprint density at radius 2 is 1.96 bits per heavy atom. The van der Waals surface area contributed by atoms with E-state index in [1.807, 2.05) is 56.3 Å². The maximum absolute atomic E-state index is 9.87. The number of terminal acetylenes is 1. The summed E-state index contributed by atoms with van der Waals surface area (Å²) in [6.07, 6.45) is 23.4. The van der Waals surface area contributed by atoms with E-state index in [2.05, 4.69) is 88.9 Å². The van der Waals surface area contributed by atoms with Crippen LogP contribution in [-0.2, 0) is 11.2 Å². The third kappa shape index (κ3) is 12.5. The van der Waals surface area contributed by atoms with Gasteiger partial charge in [0.1, 0.15) is 23.7 Å². The average Bonchev–Trinajstić information content (AvgIpc) is 3.26. The van der Waals surface area contributed by atoms with Crippen molar-refractivity contribution in [2.75, 3.05) is 29.9 Å². The number of rotatable bonds is 9. The first-order valence-electron chi connectivity index (χ1n) is 17.3. The van der Waals surface area contributed by atoms with Gasteiger partial charge in [0.15, 0.2) is 0 Å². The number of unbranched alkanes of at least 4 members (excludes halogenated alkanes) is 2. The highest BCUT2D eigenvalue weighted by Gasteiger charge is 2.21. The van der Waals surface area contributed by atoms with Crippen LogP contribution in [-0.4, -0.2) is 46.6 Å². The number of Topliss-reactive ketones (excluding diaryl/α,β-unsaturated/α-hetero) is 1. The number of anilines is 3. The first-order chi connectivity index (χ1) is 23.8. The van der Waals surface area contributed by atoms with E-state index in [0.717, 1.165) is 59.0 Å². The van der Waals surface area contributed by atoms with Crippen LogP contribution in [0.15, 0.2) is 65.9 Å². The smallest absolute Gasteiger partial charge is 0.202 e. The van der Waals surface area contributed by atoms with Gasteiger partial charge in [-0.2, -0.15) is 5.10 Å². The van der Waals surface area contributed by atoms with Gasteiger partial charge in [-0.25, -0.2) is 9.97 Å². The van der Waals surface area contributed by atoms with Crippen LogP contribution in [0, 0.1) is 37.5 Å². The van der Waals surface area contributed by atoms with Crippen LogP contribution in [0.4, 0.5) is 17.2 Å². The zero-order valence-corrected chi connectivity index (χ0v) is 30.7. The fourth-order valence-corrected chi connectivity index (χ4v) is 5.52. The highest BCUT2D eigenvalue weighted by atomic mass is 16.5. The van der Waals surface area contributed by atoms with E-state index in [9.17, 15) is 4.79 Å². The molecule has 2 aromatic carbocycles. The van der Waals surface area contributed by atoms with E-state index in [1.165, 1.54) is 43.9 Å². The fraction of sp³-hybridized carbons (Fsp3) is 0.415. The SMILES string of the molecule is C#C.C/C=N\N1C=CC(Oc2ccc(Nc3ncnc4cc5c(cc34)N(CCCCC)CC(C)CC5)cc2C)=CC1.CC.CC#CC(C)=O. The average molecular weight is 663 g/mol. The minimum atomic E-state index is -0.0718. The summed E-state index contributed by atoms with van der Waals surface area (Å²) in [4.78, 5) is 21.8. The van der Waals surface area contributed by atoms with Crippen molar-refractivity contribution >= 4 is 40.1 Å². The second kappa shape index (κ2) is 21.7. The molecule has 3 heterocycles. The minimum absolute atomic E-state index is 0.0718. The molecule has 0 amide bonds. The van der Waals surface area contributed by atoms with E-state index < -0.39 is 0 Å². The lowest BCUT2D eigenvalue weighted by atomic mass is 10.0. The molecule has 0 spiro atoms. The number of benzene rings is 2. The Hall–Kier alpha value is -5.08. The minimum Gasteiger partial charge on any atom is -0.457 e. The summed E-state index contributed by atoms with van der Waals surface area (Å²) in [6.45, 7) is 18.6. The number of allylic oxidation sites excluding steroid dienone is 1. The zero-order valence-electron chi connectivity index (χ0n) is 30.7. The summed E-state index contributed by atoms with van der Waals surface area (Å²) in [5.41, 5.74) is 5.76. The molecule has 0 radical (unpaired) electrons. The predicted molar refractivity (Wildman–Crippen MR) is 207 cm³/mol. The van der Waals surface area contributed by atoms with E-state index >= 15 is 0 Å². The van der Waals surface area contributed by atoms with Crippen molar-refractivity contribution in [2.45, 2.75) is 87.5 Å². The Morgan fingerprint density at radius 3 is 2.57 bits per heavy atom. The third-order valence-electron chi connectivity index (χ3n) is 7.77. The van der Waals surface area contributed by atoms with Crippen LogP contribution >= 0.6 is 0 Å². The highest BCUT2D eigenvalue weighted by Crippen LogP contribution is 2.35. The molecule has 0 saturated heterocycles. The summed E-state index contributed by atoms with van der Waals surface area (Å²) in [6, 6.07) is 10.7. The molecule has 49 heavy (non-hydrogen) atoms. The molecule has 5 rings (SSSR count). The first-order valence-corrected chi connectivity index (χ1v) is 17.3. The summed E-state index contributed by atoms with van der Waals surface area (Å²) >= 11 is 0. The van der Waals surface area contributed by atoms with Gasteiger partial charge in [0.2, 0.25) is 5.78 Å². The second-order valence-corrected chi connectivity index (χ2v) is 11.6. The number of carbonyl (C=O) groups excluding carboxylic acids is 1. The number of aryl methyl sites for hydroxylation is 2. The summed E-state index contributed by atoms with van der Waals surface area (Å²) in [5.74, 6) is 7.88. The van der Waals surface area contributed by atoms with Gasteiger partial charge in [-0.15, -0.1) is 12.8 Å². The Kier molecular flexibility index (Phi) is 17.8. The molecular weight excluding hydrogens is 608 g/mol. The van der Waals surface area contributed by atoms with Gasteiger partial charge >= 0.3 is 0 Å². The topological polar surface area (TPSA) is 82.9 Å². The normalized spacial score (nSPS) is 14.7. The lowest BCUT2D eigenvalue weighted by molar-refractivity contribution is -0.111. The van der Waals surface area contributed by atoms with Gasteiger partial charge in [-0.1, -0.05) is 46.5 Å². The van der Waals surface area contributed by atoms with Crippen LogP contribution in [0.3, 0.4) is 0 Å². The van der Waals surface area contributed by atoms with Crippen LogP contribution in [0.25, 0.3) is 10.9 Å². The Labute approximate surface area is 294 Å². The lowest BCUT2D eigenvalue weighted by Crippen LogP contribution is -2.28. The highest BCUT2D eigenvalue weighted by molar-refractivity contribution is 5.94. The zero-order chi connectivity index (χ0) is 36.2. The number of nitrogens with one attached hydrogen (secondary N) is 1. The molecule has 8 nitrogen and oxygen atoms in total. The van der Waals surface area contributed by atoms with Crippen LogP contribution in [0.1, 0.15) is 85.3 Å². The molecule has 2 aliphatic heterocycles. The molecule has 0 saturated carbocycles. The van der Waals surface area contributed by atoms with Crippen molar-refractivity contribution in [3.05, 3.63) is 71.9 Å². The van der Waals surface area contributed by atoms with Gasteiger partial charge < -0.3 is 15.0 Å². The largest absolute Gasteiger partial charge is 0.457 e. The molecule has 1 N–H and O–H groups in total. The number of fused-ring (bicyclic) bond motifs is 2. The lowest BCUT2D eigenvalue weighted by Gasteiger charge is -2.27. The van der Waals surface area contributed by atoms with Crippen LogP contribution in [0.5, 0.6) is 5.75 Å². The van der Waals surface area contributed by atoms with E-state index in [1.54, 1.807) is 19.5 Å². The molecule has 8 heteroatoms. The number of nitrogens with zero attached hydrogens (tertiary/aromatic N) is 5. The van der Waals surface area contributed by atoms with Crippen molar-refractivity contribution in [2.24, 2.45) is 11.0 Å². The monoisotopic (exact) mass is 662 g/mol. The number of hydrogen-bond donors (Lipinski definition) is 1. The van der Waals surface area contributed by atoms with Gasteiger partial charge in [0.25, 0.3) is 0 Å².